The molecule has 2 N–H and O–H groups in total. The van der Waals surface area contributed by atoms with Crippen molar-refractivity contribution in [3.63, 3.8) is 0 Å². The van der Waals surface area contributed by atoms with Gasteiger partial charge in [-0.05, 0) is 24.3 Å². The Morgan fingerprint density at radius 1 is 1.26 bits per heavy atom. The summed E-state index contributed by atoms with van der Waals surface area (Å²) < 4.78 is 1.39. The van der Waals surface area contributed by atoms with Crippen molar-refractivity contribution in [2.24, 2.45) is 0 Å². The molecule has 0 fully saturated rings. The Morgan fingerprint density at radius 3 is 2.79 bits per heavy atom. The third-order valence-corrected chi connectivity index (χ3v) is 2.56. The van der Waals surface area contributed by atoms with Gasteiger partial charge in [0.2, 0.25) is 5.91 Å². The quantitative estimate of drug-likeness (QED) is 0.835. The van der Waals surface area contributed by atoms with Crippen LogP contribution in [0, 0.1) is 0 Å². The Kier molecular flexibility index (Phi) is 3.92. The van der Waals surface area contributed by atoms with Gasteiger partial charge in [0, 0.05) is 12.4 Å². The van der Waals surface area contributed by atoms with E-state index in [1.165, 1.54) is 10.6 Å². The van der Waals surface area contributed by atoms with Gasteiger partial charge in [-0.3, -0.25) is 9.78 Å². The highest BCUT2D eigenvalue weighted by Crippen LogP contribution is 2.02. The monoisotopic (exact) mass is 259 g/mol. The second-order valence-electron chi connectivity index (χ2n) is 3.92. The van der Waals surface area contributed by atoms with E-state index in [1.54, 1.807) is 30.6 Å². The van der Waals surface area contributed by atoms with E-state index in [0.717, 1.165) is 5.69 Å². The van der Waals surface area contributed by atoms with Crippen molar-refractivity contribution >= 4 is 11.9 Å². The van der Waals surface area contributed by atoms with Crippen LogP contribution in [-0.2, 0) is 17.9 Å². The van der Waals surface area contributed by atoms with Gasteiger partial charge in [0.25, 0.3) is 0 Å². The van der Waals surface area contributed by atoms with Crippen molar-refractivity contribution in [2.75, 3.05) is 0 Å². The maximum atomic E-state index is 11.7. The highest BCUT2D eigenvalue weighted by molar-refractivity contribution is 5.86. The summed E-state index contributed by atoms with van der Waals surface area (Å²) in [6.07, 6.45) is 3.21. The number of carbonyl (C=O) groups is 2. The van der Waals surface area contributed by atoms with Crippen LogP contribution in [0.1, 0.15) is 16.2 Å². The number of carbonyl (C=O) groups excluding carboxylic acids is 1. The lowest BCUT2D eigenvalue weighted by atomic mass is 10.3. The number of hydrogen-bond donors (Lipinski definition) is 2. The first kappa shape index (κ1) is 12.8. The number of nitrogens with one attached hydrogen (secondary N) is 1. The first-order valence-electron chi connectivity index (χ1n) is 5.72. The van der Waals surface area contributed by atoms with Crippen LogP contribution < -0.4 is 5.32 Å². The minimum absolute atomic E-state index is 0.0263. The van der Waals surface area contributed by atoms with E-state index < -0.39 is 5.97 Å². The average molecular weight is 259 g/mol. The van der Waals surface area contributed by atoms with Gasteiger partial charge < -0.3 is 15.0 Å². The van der Waals surface area contributed by atoms with Gasteiger partial charge >= 0.3 is 5.97 Å². The smallest absolute Gasteiger partial charge is 0.352 e. The highest BCUT2D eigenvalue weighted by atomic mass is 16.4. The van der Waals surface area contributed by atoms with E-state index in [-0.39, 0.29) is 18.1 Å². The zero-order valence-electron chi connectivity index (χ0n) is 10.1. The summed E-state index contributed by atoms with van der Waals surface area (Å²) in [4.78, 5) is 26.7. The van der Waals surface area contributed by atoms with Crippen molar-refractivity contribution in [1.29, 1.82) is 0 Å². The van der Waals surface area contributed by atoms with Gasteiger partial charge in [0.05, 0.1) is 12.2 Å². The molecule has 2 aromatic heterocycles. The summed E-state index contributed by atoms with van der Waals surface area (Å²) >= 11 is 0. The van der Waals surface area contributed by atoms with Crippen LogP contribution in [0.5, 0.6) is 0 Å². The number of aromatic nitrogens is 2. The number of hydrogen-bond acceptors (Lipinski definition) is 3. The third-order valence-electron chi connectivity index (χ3n) is 2.56. The molecular weight excluding hydrogens is 246 g/mol. The Balaban J connectivity index is 1.91. The third kappa shape index (κ3) is 3.41. The number of nitrogens with zero attached hydrogens (tertiary/aromatic N) is 2. The average Bonchev–Trinajstić information content (AvgIpc) is 2.86. The molecule has 0 aliphatic carbocycles. The maximum absolute atomic E-state index is 11.7. The predicted molar refractivity (Wildman–Crippen MR) is 67.5 cm³/mol. The second-order valence-corrected chi connectivity index (χ2v) is 3.92. The highest BCUT2D eigenvalue weighted by Gasteiger charge is 2.11. The SMILES string of the molecule is O=C(Cn1cccc1C(=O)O)NCc1ccccn1. The molecule has 0 saturated carbocycles. The number of rotatable bonds is 5. The molecule has 6 heteroatoms. The van der Waals surface area contributed by atoms with Crippen molar-refractivity contribution in [3.8, 4) is 0 Å². The fraction of sp³-hybridized carbons (Fsp3) is 0.154. The van der Waals surface area contributed by atoms with Gasteiger partial charge in [0.1, 0.15) is 12.2 Å². The molecule has 98 valence electrons. The predicted octanol–water partition coefficient (Wildman–Crippen LogP) is 0.898. The minimum Gasteiger partial charge on any atom is -0.477 e. The summed E-state index contributed by atoms with van der Waals surface area (Å²) in [7, 11) is 0. The molecule has 19 heavy (non-hydrogen) atoms. The molecule has 0 atom stereocenters. The zero-order chi connectivity index (χ0) is 13.7. The lowest BCUT2D eigenvalue weighted by Crippen LogP contribution is -2.28. The molecule has 2 aromatic rings. The van der Waals surface area contributed by atoms with Gasteiger partial charge in [0.15, 0.2) is 0 Å². The van der Waals surface area contributed by atoms with Crippen LogP contribution >= 0.6 is 0 Å². The van der Waals surface area contributed by atoms with Crippen molar-refractivity contribution < 1.29 is 14.7 Å². The van der Waals surface area contributed by atoms with Crippen LogP contribution in [0.3, 0.4) is 0 Å². The van der Waals surface area contributed by atoms with Crippen LogP contribution in [-0.4, -0.2) is 26.5 Å². The number of carboxylic acid groups (broad SMARTS) is 1. The van der Waals surface area contributed by atoms with E-state index in [4.69, 9.17) is 5.11 Å². The molecule has 1 amide bonds. The molecule has 6 nitrogen and oxygen atoms in total. The largest absolute Gasteiger partial charge is 0.477 e. The molecular formula is C13H13N3O3. The summed E-state index contributed by atoms with van der Waals surface area (Å²) in [6.45, 7) is 0.296. The topological polar surface area (TPSA) is 84.2 Å². The summed E-state index contributed by atoms with van der Waals surface area (Å²) in [6, 6.07) is 8.48. The molecule has 2 heterocycles. The lowest BCUT2D eigenvalue weighted by Gasteiger charge is -2.07. The maximum Gasteiger partial charge on any atom is 0.352 e. The van der Waals surface area contributed by atoms with E-state index in [1.807, 2.05) is 6.07 Å². The molecule has 0 aliphatic rings. The van der Waals surface area contributed by atoms with E-state index in [9.17, 15) is 9.59 Å². The van der Waals surface area contributed by atoms with Crippen molar-refractivity contribution in [2.45, 2.75) is 13.1 Å². The molecule has 0 unspecified atom stereocenters. The molecule has 0 spiro atoms. The molecule has 0 radical (unpaired) electrons. The summed E-state index contributed by atoms with van der Waals surface area (Å²) in [5.74, 6) is -1.31. The standard InChI is InChI=1S/C13H13N3O3/c17-12(15-8-10-4-1-2-6-14-10)9-16-7-3-5-11(16)13(18)19/h1-7H,8-9H2,(H,15,17)(H,18,19). The first-order chi connectivity index (χ1) is 9.16. The molecule has 0 aromatic carbocycles. The lowest BCUT2D eigenvalue weighted by molar-refractivity contribution is -0.121. The van der Waals surface area contributed by atoms with Gasteiger partial charge in [-0.25, -0.2) is 4.79 Å². The van der Waals surface area contributed by atoms with Crippen molar-refractivity contribution in [3.05, 3.63) is 54.1 Å². The Bertz CT molecular complexity index is 578. The Hall–Kier alpha value is -2.63. The summed E-state index contributed by atoms with van der Waals surface area (Å²) in [5, 5.41) is 11.6. The minimum atomic E-state index is -1.05. The van der Waals surface area contributed by atoms with E-state index in [0.29, 0.717) is 6.54 Å². The zero-order valence-corrected chi connectivity index (χ0v) is 10.1. The molecule has 2 rings (SSSR count). The fourth-order valence-electron chi connectivity index (χ4n) is 1.65. The van der Waals surface area contributed by atoms with Crippen LogP contribution in [0.25, 0.3) is 0 Å². The Labute approximate surface area is 109 Å². The number of amides is 1. The van der Waals surface area contributed by atoms with Crippen LogP contribution in [0.15, 0.2) is 42.7 Å². The van der Waals surface area contributed by atoms with Gasteiger partial charge in [-0.1, -0.05) is 6.07 Å². The van der Waals surface area contributed by atoms with Crippen LogP contribution in [0.2, 0.25) is 0 Å². The van der Waals surface area contributed by atoms with E-state index >= 15 is 0 Å². The summed E-state index contributed by atoms with van der Waals surface area (Å²) in [5.41, 5.74) is 0.842. The number of pyridine rings is 1. The van der Waals surface area contributed by atoms with Gasteiger partial charge in [-0.15, -0.1) is 0 Å². The first-order valence-corrected chi connectivity index (χ1v) is 5.72. The molecule has 0 saturated heterocycles. The number of aromatic carboxylic acids is 1. The van der Waals surface area contributed by atoms with Gasteiger partial charge in [-0.2, -0.15) is 0 Å². The second kappa shape index (κ2) is 5.81. The normalized spacial score (nSPS) is 10.1. The fourth-order valence-corrected chi connectivity index (χ4v) is 1.65. The number of carboxylic acids is 1. The van der Waals surface area contributed by atoms with Crippen LogP contribution in [0.4, 0.5) is 0 Å². The molecule has 0 bridgehead atoms. The molecule has 0 aliphatic heterocycles. The van der Waals surface area contributed by atoms with Crippen molar-refractivity contribution in [1.82, 2.24) is 14.9 Å². The van der Waals surface area contributed by atoms with E-state index in [2.05, 4.69) is 10.3 Å². The Morgan fingerprint density at radius 2 is 2.11 bits per heavy atom.